The minimum Gasteiger partial charge on any atom is -0.497 e. The maximum Gasteiger partial charge on any atom is 0.161 e. The highest BCUT2D eigenvalue weighted by atomic mass is 19.1. The third-order valence-corrected chi connectivity index (χ3v) is 5.18. The summed E-state index contributed by atoms with van der Waals surface area (Å²) in [6.45, 7) is 1.53. The quantitative estimate of drug-likeness (QED) is 0.469. The Morgan fingerprint density at radius 3 is 2.00 bits per heavy atom. The summed E-state index contributed by atoms with van der Waals surface area (Å²) >= 11 is 0. The largest absolute Gasteiger partial charge is 0.497 e. The molecular weight excluding hydrogens is 381 g/mol. The van der Waals surface area contributed by atoms with Crippen LogP contribution in [0.3, 0.4) is 0 Å². The normalized spacial score (nSPS) is 11.7. The number of nitrogens with one attached hydrogen (secondary N) is 1. The van der Waals surface area contributed by atoms with Crippen molar-refractivity contribution < 1.29 is 18.6 Å². The second-order valence-corrected chi connectivity index (χ2v) is 7.03. The zero-order valence-corrected chi connectivity index (χ0v) is 17.7. The molecule has 0 amide bonds. The fraction of sp³-hybridized carbons (Fsp3) is 0.280. The molecule has 0 unspecified atom stereocenters. The van der Waals surface area contributed by atoms with Crippen molar-refractivity contribution in [3.05, 3.63) is 89.2 Å². The van der Waals surface area contributed by atoms with Gasteiger partial charge in [0.15, 0.2) is 11.5 Å². The first-order valence-electron chi connectivity index (χ1n) is 9.95. The predicted molar refractivity (Wildman–Crippen MR) is 117 cm³/mol. The number of hydrogen-bond acceptors (Lipinski definition) is 4. The number of benzene rings is 3. The molecule has 3 rings (SSSR count). The van der Waals surface area contributed by atoms with Crippen molar-refractivity contribution in [2.75, 3.05) is 27.9 Å². The summed E-state index contributed by atoms with van der Waals surface area (Å²) in [5.41, 5.74) is 3.39. The molecule has 3 aromatic rings. The molecule has 4 nitrogen and oxygen atoms in total. The van der Waals surface area contributed by atoms with Gasteiger partial charge in [0.05, 0.1) is 21.3 Å². The Morgan fingerprint density at radius 1 is 0.767 bits per heavy atom. The van der Waals surface area contributed by atoms with Crippen molar-refractivity contribution in [1.82, 2.24) is 5.32 Å². The summed E-state index contributed by atoms with van der Waals surface area (Å²) in [6, 6.07) is 20.7. The summed E-state index contributed by atoms with van der Waals surface area (Å²) in [7, 11) is 4.92. The lowest BCUT2D eigenvalue weighted by molar-refractivity contribution is 0.354. The first kappa shape index (κ1) is 21.7. The van der Waals surface area contributed by atoms with E-state index in [1.54, 1.807) is 21.3 Å². The van der Waals surface area contributed by atoms with Gasteiger partial charge in [-0.05, 0) is 66.1 Å². The SMILES string of the molecule is COc1ccc([C@@H](CCNCc2ccc(OC)c(OC)c2)c2ccc(F)cc2)cc1. The summed E-state index contributed by atoms with van der Waals surface area (Å²) in [4.78, 5) is 0. The molecule has 0 radical (unpaired) electrons. The molecule has 5 heteroatoms. The first-order valence-corrected chi connectivity index (χ1v) is 9.95. The highest BCUT2D eigenvalue weighted by molar-refractivity contribution is 5.43. The second kappa shape index (κ2) is 10.6. The number of ether oxygens (including phenoxy) is 3. The number of rotatable bonds is 10. The first-order chi connectivity index (χ1) is 14.6. The molecule has 0 aliphatic rings. The van der Waals surface area contributed by atoms with E-state index in [4.69, 9.17) is 14.2 Å². The van der Waals surface area contributed by atoms with Crippen molar-refractivity contribution in [3.8, 4) is 17.2 Å². The zero-order valence-electron chi connectivity index (χ0n) is 17.7. The molecule has 0 saturated carbocycles. The molecule has 3 aromatic carbocycles. The third kappa shape index (κ3) is 5.51. The van der Waals surface area contributed by atoms with Crippen LogP contribution in [0.2, 0.25) is 0 Å². The predicted octanol–water partition coefficient (Wildman–Crippen LogP) is 5.16. The van der Waals surface area contributed by atoms with Gasteiger partial charge in [-0.2, -0.15) is 0 Å². The van der Waals surface area contributed by atoms with Crippen LogP contribution >= 0.6 is 0 Å². The second-order valence-electron chi connectivity index (χ2n) is 7.03. The molecule has 0 aliphatic heterocycles. The van der Waals surface area contributed by atoms with Crippen molar-refractivity contribution in [1.29, 1.82) is 0 Å². The van der Waals surface area contributed by atoms with Gasteiger partial charge in [-0.15, -0.1) is 0 Å². The number of hydrogen-bond donors (Lipinski definition) is 1. The number of methoxy groups -OCH3 is 3. The van der Waals surface area contributed by atoms with E-state index in [9.17, 15) is 4.39 Å². The fourth-order valence-corrected chi connectivity index (χ4v) is 3.53. The van der Waals surface area contributed by atoms with Gasteiger partial charge in [0.25, 0.3) is 0 Å². The van der Waals surface area contributed by atoms with Crippen LogP contribution in [0.5, 0.6) is 17.2 Å². The Morgan fingerprint density at radius 2 is 1.40 bits per heavy atom. The molecule has 0 bridgehead atoms. The van der Waals surface area contributed by atoms with Gasteiger partial charge < -0.3 is 19.5 Å². The van der Waals surface area contributed by atoms with Crippen LogP contribution in [0.25, 0.3) is 0 Å². The van der Waals surface area contributed by atoms with E-state index in [2.05, 4.69) is 17.4 Å². The van der Waals surface area contributed by atoms with Gasteiger partial charge in [-0.3, -0.25) is 0 Å². The smallest absolute Gasteiger partial charge is 0.161 e. The molecule has 0 heterocycles. The molecule has 0 fully saturated rings. The summed E-state index contributed by atoms with van der Waals surface area (Å²) in [5.74, 6) is 2.20. The van der Waals surface area contributed by atoms with E-state index in [0.29, 0.717) is 0 Å². The molecule has 1 N–H and O–H groups in total. The Labute approximate surface area is 177 Å². The van der Waals surface area contributed by atoms with Crippen LogP contribution < -0.4 is 19.5 Å². The topological polar surface area (TPSA) is 39.7 Å². The van der Waals surface area contributed by atoms with Gasteiger partial charge in [-0.1, -0.05) is 30.3 Å². The van der Waals surface area contributed by atoms with Crippen LogP contribution in [0.15, 0.2) is 66.7 Å². The minimum absolute atomic E-state index is 0.161. The molecular formula is C25H28FNO3. The van der Waals surface area contributed by atoms with E-state index < -0.39 is 0 Å². The molecule has 1 atom stereocenters. The van der Waals surface area contributed by atoms with Crippen LogP contribution in [0.4, 0.5) is 4.39 Å². The fourth-order valence-electron chi connectivity index (χ4n) is 3.53. The number of halogens is 1. The van der Waals surface area contributed by atoms with Crippen molar-refractivity contribution in [2.45, 2.75) is 18.9 Å². The summed E-state index contributed by atoms with van der Waals surface area (Å²) in [6.07, 6.45) is 0.880. The lowest BCUT2D eigenvalue weighted by Crippen LogP contribution is -2.18. The van der Waals surface area contributed by atoms with Crippen molar-refractivity contribution in [3.63, 3.8) is 0 Å². The summed E-state index contributed by atoms with van der Waals surface area (Å²) in [5, 5.41) is 3.50. The van der Waals surface area contributed by atoms with Gasteiger partial charge in [0, 0.05) is 12.5 Å². The van der Waals surface area contributed by atoms with Gasteiger partial charge >= 0.3 is 0 Å². The third-order valence-electron chi connectivity index (χ3n) is 5.18. The average Bonchev–Trinajstić information content (AvgIpc) is 2.80. The van der Waals surface area contributed by atoms with Gasteiger partial charge in [0.2, 0.25) is 0 Å². The Bertz CT molecular complexity index is 926. The van der Waals surface area contributed by atoms with Crippen molar-refractivity contribution >= 4 is 0 Å². The molecule has 0 aliphatic carbocycles. The highest BCUT2D eigenvalue weighted by Gasteiger charge is 2.14. The standard InChI is InChI=1S/C25H28FNO3/c1-28-22-11-7-20(8-12-22)23(19-5-9-21(26)10-6-19)14-15-27-17-18-4-13-24(29-2)25(16-18)30-3/h4-13,16,23,27H,14-15,17H2,1-3H3/t23-/m0/s1. The van der Waals surface area contributed by atoms with Gasteiger partial charge in [0.1, 0.15) is 11.6 Å². The van der Waals surface area contributed by atoms with Crippen LogP contribution in [0, 0.1) is 5.82 Å². The molecule has 0 saturated heterocycles. The Balaban J connectivity index is 1.67. The maximum absolute atomic E-state index is 13.4. The van der Waals surface area contributed by atoms with E-state index in [0.717, 1.165) is 47.9 Å². The summed E-state index contributed by atoms with van der Waals surface area (Å²) < 4.78 is 29.3. The van der Waals surface area contributed by atoms with Crippen LogP contribution in [0.1, 0.15) is 29.0 Å². The molecule has 0 spiro atoms. The van der Waals surface area contributed by atoms with E-state index in [1.807, 2.05) is 42.5 Å². The lowest BCUT2D eigenvalue weighted by atomic mass is 9.88. The minimum atomic E-state index is -0.223. The lowest BCUT2D eigenvalue weighted by Gasteiger charge is -2.19. The molecule has 30 heavy (non-hydrogen) atoms. The maximum atomic E-state index is 13.4. The highest BCUT2D eigenvalue weighted by Crippen LogP contribution is 2.30. The zero-order chi connectivity index (χ0) is 21.3. The Hall–Kier alpha value is -3.05. The Kier molecular flexibility index (Phi) is 7.69. The van der Waals surface area contributed by atoms with Gasteiger partial charge in [-0.25, -0.2) is 4.39 Å². The monoisotopic (exact) mass is 409 g/mol. The van der Waals surface area contributed by atoms with Crippen LogP contribution in [-0.4, -0.2) is 27.9 Å². The molecule has 0 aromatic heterocycles. The van der Waals surface area contributed by atoms with Crippen molar-refractivity contribution in [2.24, 2.45) is 0 Å². The average molecular weight is 410 g/mol. The van der Waals surface area contributed by atoms with E-state index in [-0.39, 0.29) is 11.7 Å². The van der Waals surface area contributed by atoms with E-state index in [1.165, 1.54) is 17.7 Å². The van der Waals surface area contributed by atoms with Crippen LogP contribution in [-0.2, 0) is 6.54 Å². The molecule has 158 valence electrons. The van der Waals surface area contributed by atoms with E-state index >= 15 is 0 Å².